The Morgan fingerprint density at radius 1 is 1.58 bits per heavy atom. The highest BCUT2D eigenvalue weighted by Crippen LogP contribution is 2.18. The van der Waals surface area contributed by atoms with Gasteiger partial charge in [0.2, 0.25) is 5.91 Å². The Morgan fingerprint density at radius 3 is 3.11 bits per heavy atom. The Kier molecular flexibility index (Phi) is 5.40. The Hall–Kier alpha value is -0.870. The van der Waals surface area contributed by atoms with E-state index in [9.17, 15) is 4.79 Å². The van der Waals surface area contributed by atoms with Gasteiger partial charge in [0.25, 0.3) is 0 Å². The minimum Gasteiger partial charge on any atom is -0.338 e. The molecule has 1 aliphatic rings. The van der Waals surface area contributed by atoms with E-state index < -0.39 is 0 Å². The summed E-state index contributed by atoms with van der Waals surface area (Å²) in [5.41, 5.74) is 1.34. The standard InChI is InChI=1S/C15H24N2OS/c1-3-7-16-14-5-4-8-17(15(14)18)12(2)10-13-6-9-19-11-13/h6,9,11-12,14,16H,3-5,7-8,10H2,1-2H3. The number of nitrogens with zero attached hydrogens (tertiary/aromatic N) is 1. The molecular formula is C15H24N2OS. The summed E-state index contributed by atoms with van der Waals surface area (Å²) < 4.78 is 0. The van der Waals surface area contributed by atoms with Crippen molar-refractivity contribution in [2.24, 2.45) is 0 Å². The molecule has 0 saturated carbocycles. The Bertz CT molecular complexity index is 391. The van der Waals surface area contributed by atoms with Crippen LogP contribution in [-0.2, 0) is 11.2 Å². The molecule has 1 aromatic heterocycles. The number of rotatable bonds is 6. The van der Waals surface area contributed by atoms with E-state index in [4.69, 9.17) is 0 Å². The second kappa shape index (κ2) is 7.06. The fourth-order valence-corrected chi connectivity index (χ4v) is 3.39. The van der Waals surface area contributed by atoms with Crippen molar-refractivity contribution in [2.75, 3.05) is 13.1 Å². The molecule has 106 valence electrons. The van der Waals surface area contributed by atoms with E-state index in [0.717, 1.165) is 38.8 Å². The Labute approximate surface area is 120 Å². The Balaban J connectivity index is 1.92. The fourth-order valence-electron chi connectivity index (χ4n) is 2.71. The first-order valence-electron chi connectivity index (χ1n) is 7.27. The summed E-state index contributed by atoms with van der Waals surface area (Å²) in [6.45, 7) is 6.15. The molecule has 0 bridgehead atoms. The van der Waals surface area contributed by atoms with Crippen LogP contribution in [0.1, 0.15) is 38.7 Å². The number of hydrogen-bond acceptors (Lipinski definition) is 3. The van der Waals surface area contributed by atoms with Gasteiger partial charge in [-0.3, -0.25) is 4.79 Å². The maximum absolute atomic E-state index is 12.5. The van der Waals surface area contributed by atoms with Crippen molar-refractivity contribution in [3.8, 4) is 0 Å². The fraction of sp³-hybridized carbons (Fsp3) is 0.667. The summed E-state index contributed by atoms with van der Waals surface area (Å²) in [7, 11) is 0. The van der Waals surface area contributed by atoms with Gasteiger partial charge in [-0.15, -0.1) is 0 Å². The summed E-state index contributed by atoms with van der Waals surface area (Å²) >= 11 is 1.72. The highest BCUT2D eigenvalue weighted by molar-refractivity contribution is 7.07. The van der Waals surface area contributed by atoms with E-state index in [0.29, 0.717) is 11.9 Å². The molecule has 0 aromatic carbocycles. The first kappa shape index (κ1) is 14.5. The quantitative estimate of drug-likeness (QED) is 0.869. The molecule has 2 heterocycles. The van der Waals surface area contributed by atoms with Crippen molar-refractivity contribution in [1.82, 2.24) is 10.2 Å². The number of likely N-dealkylation sites (tertiary alicyclic amines) is 1. The molecule has 1 aliphatic heterocycles. The molecule has 3 nitrogen and oxygen atoms in total. The van der Waals surface area contributed by atoms with Crippen LogP contribution in [0.4, 0.5) is 0 Å². The van der Waals surface area contributed by atoms with Gasteiger partial charge in [-0.1, -0.05) is 6.92 Å². The third-order valence-corrected chi connectivity index (χ3v) is 4.49. The highest BCUT2D eigenvalue weighted by Gasteiger charge is 2.30. The zero-order chi connectivity index (χ0) is 13.7. The van der Waals surface area contributed by atoms with E-state index in [1.807, 2.05) is 0 Å². The molecule has 2 rings (SSSR count). The van der Waals surface area contributed by atoms with E-state index >= 15 is 0 Å². The third kappa shape index (κ3) is 3.80. The van der Waals surface area contributed by atoms with Crippen molar-refractivity contribution < 1.29 is 4.79 Å². The van der Waals surface area contributed by atoms with Crippen LogP contribution >= 0.6 is 11.3 Å². The molecule has 1 aromatic rings. The van der Waals surface area contributed by atoms with Crippen LogP contribution in [0.3, 0.4) is 0 Å². The van der Waals surface area contributed by atoms with Crippen molar-refractivity contribution in [1.29, 1.82) is 0 Å². The molecule has 1 fully saturated rings. The molecule has 0 radical (unpaired) electrons. The zero-order valence-corrected chi connectivity index (χ0v) is 12.7. The van der Waals surface area contributed by atoms with Gasteiger partial charge < -0.3 is 10.2 Å². The highest BCUT2D eigenvalue weighted by atomic mass is 32.1. The van der Waals surface area contributed by atoms with Crippen LogP contribution in [0.25, 0.3) is 0 Å². The number of hydrogen-bond donors (Lipinski definition) is 1. The average Bonchev–Trinajstić information content (AvgIpc) is 2.90. The lowest BCUT2D eigenvalue weighted by atomic mass is 10.0. The normalized spacial score (nSPS) is 21.7. The van der Waals surface area contributed by atoms with Gasteiger partial charge in [0, 0.05) is 12.6 Å². The molecule has 2 atom stereocenters. The molecular weight excluding hydrogens is 256 g/mol. The predicted molar refractivity (Wildman–Crippen MR) is 80.5 cm³/mol. The molecule has 0 aliphatic carbocycles. The van der Waals surface area contributed by atoms with E-state index in [1.165, 1.54) is 5.56 Å². The van der Waals surface area contributed by atoms with E-state index in [2.05, 4.69) is 40.9 Å². The lowest BCUT2D eigenvalue weighted by molar-refractivity contribution is -0.138. The first-order valence-corrected chi connectivity index (χ1v) is 8.21. The second-order valence-corrected chi connectivity index (χ2v) is 6.15. The van der Waals surface area contributed by atoms with Crippen molar-refractivity contribution in [3.05, 3.63) is 22.4 Å². The van der Waals surface area contributed by atoms with Gasteiger partial charge in [-0.05, 0) is 61.5 Å². The monoisotopic (exact) mass is 280 g/mol. The van der Waals surface area contributed by atoms with Crippen LogP contribution < -0.4 is 5.32 Å². The topological polar surface area (TPSA) is 32.3 Å². The number of carbonyl (C=O) groups is 1. The van der Waals surface area contributed by atoms with Crippen LogP contribution in [0.15, 0.2) is 16.8 Å². The lowest BCUT2D eigenvalue weighted by Gasteiger charge is -2.37. The van der Waals surface area contributed by atoms with Gasteiger partial charge in [0.1, 0.15) is 0 Å². The summed E-state index contributed by atoms with van der Waals surface area (Å²) in [4.78, 5) is 14.5. The van der Waals surface area contributed by atoms with Crippen LogP contribution in [0.5, 0.6) is 0 Å². The van der Waals surface area contributed by atoms with Crippen molar-refractivity contribution in [3.63, 3.8) is 0 Å². The minimum atomic E-state index is 0.0404. The van der Waals surface area contributed by atoms with Crippen molar-refractivity contribution in [2.45, 2.75) is 51.6 Å². The summed E-state index contributed by atoms with van der Waals surface area (Å²) in [5, 5.41) is 7.66. The van der Waals surface area contributed by atoms with Gasteiger partial charge in [-0.2, -0.15) is 11.3 Å². The molecule has 4 heteroatoms. The SMILES string of the molecule is CCCNC1CCCN(C(C)Cc2ccsc2)C1=O. The lowest BCUT2D eigenvalue weighted by Crippen LogP contribution is -2.54. The number of carbonyl (C=O) groups excluding carboxylic acids is 1. The predicted octanol–water partition coefficient (Wildman–Crippen LogP) is 2.67. The molecule has 2 unspecified atom stereocenters. The van der Waals surface area contributed by atoms with Gasteiger partial charge in [0.05, 0.1) is 6.04 Å². The minimum absolute atomic E-state index is 0.0404. The number of thiophene rings is 1. The molecule has 1 amide bonds. The van der Waals surface area contributed by atoms with Gasteiger partial charge in [0.15, 0.2) is 0 Å². The smallest absolute Gasteiger partial charge is 0.239 e. The number of nitrogens with one attached hydrogen (secondary N) is 1. The van der Waals surface area contributed by atoms with Crippen molar-refractivity contribution >= 4 is 17.2 Å². The average molecular weight is 280 g/mol. The number of amides is 1. The zero-order valence-electron chi connectivity index (χ0n) is 11.9. The molecule has 19 heavy (non-hydrogen) atoms. The van der Waals surface area contributed by atoms with Gasteiger partial charge in [-0.25, -0.2) is 0 Å². The van der Waals surface area contributed by atoms with Gasteiger partial charge >= 0.3 is 0 Å². The summed E-state index contributed by atoms with van der Waals surface area (Å²) in [6, 6.07) is 2.49. The number of piperidine rings is 1. The van der Waals surface area contributed by atoms with Crippen LogP contribution in [-0.4, -0.2) is 36.0 Å². The van der Waals surface area contributed by atoms with E-state index in [-0.39, 0.29) is 6.04 Å². The Morgan fingerprint density at radius 2 is 2.42 bits per heavy atom. The second-order valence-electron chi connectivity index (χ2n) is 5.37. The van der Waals surface area contributed by atoms with Crippen LogP contribution in [0.2, 0.25) is 0 Å². The summed E-state index contributed by atoms with van der Waals surface area (Å²) in [5.74, 6) is 0.294. The largest absolute Gasteiger partial charge is 0.338 e. The maximum Gasteiger partial charge on any atom is 0.239 e. The molecule has 1 N–H and O–H groups in total. The molecule has 1 saturated heterocycles. The maximum atomic E-state index is 12.5. The van der Waals surface area contributed by atoms with Crippen LogP contribution in [0, 0.1) is 0 Å². The molecule has 0 spiro atoms. The first-order chi connectivity index (χ1) is 9.22. The summed E-state index contributed by atoms with van der Waals surface area (Å²) in [6.07, 6.45) is 4.14. The van der Waals surface area contributed by atoms with E-state index in [1.54, 1.807) is 11.3 Å². The third-order valence-electron chi connectivity index (χ3n) is 3.76.